The molecule has 0 unspecified atom stereocenters. The number of benzene rings is 2. The summed E-state index contributed by atoms with van der Waals surface area (Å²) in [6, 6.07) is 12.0. The first kappa shape index (κ1) is 20.3. The molecule has 0 saturated heterocycles. The highest BCUT2D eigenvalue weighted by molar-refractivity contribution is 7.92. The van der Waals surface area contributed by atoms with Gasteiger partial charge in [0.25, 0.3) is 5.91 Å². The Kier molecular flexibility index (Phi) is 5.55. The maximum Gasteiger partial charge on any atom is 0.285 e. The highest BCUT2D eigenvalue weighted by Gasteiger charge is 2.24. The molecule has 1 aromatic heterocycles. The van der Waals surface area contributed by atoms with E-state index in [1.807, 2.05) is 0 Å². The van der Waals surface area contributed by atoms with Crippen LogP contribution in [0.4, 0.5) is 11.4 Å². The minimum Gasteiger partial charge on any atom is -0.495 e. The molecule has 10 heteroatoms. The summed E-state index contributed by atoms with van der Waals surface area (Å²) in [4.78, 5) is 15.1. The standard InChI is InChI=1S/C19H20N4O5S/c1-12-8-9-16(28-2)15(10-12)23(29(3,26)27)11-17(24)21-22-18-13-6-4-5-7-14(13)20-19(18)25/h4-10,20,25H,11H2,1-3H3. The van der Waals surface area contributed by atoms with Crippen molar-refractivity contribution in [3.8, 4) is 11.6 Å². The maximum absolute atomic E-state index is 12.4. The van der Waals surface area contributed by atoms with Crippen molar-refractivity contribution in [1.82, 2.24) is 4.98 Å². The zero-order chi connectivity index (χ0) is 21.2. The number of fused-ring (bicyclic) bond motifs is 1. The third-order valence-corrected chi connectivity index (χ3v) is 5.33. The van der Waals surface area contributed by atoms with Gasteiger partial charge in [0.15, 0.2) is 5.69 Å². The Morgan fingerprint density at radius 2 is 1.97 bits per heavy atom. The van der Waals surface area contributed by atoms with Crippen LogP contribution < -0.4 is 9.04 Å². The predicted molar refractivity (Wildman–Crippen MR) is 109 cm³/mol. The lowest BCUT2D eigenvalue weighted by atomic mass is 10.2. The van der Waals surface area contributed by atoms with Crippen molar-refractivity contribution in [3.05, 3.63) is 48.0 Å². The van der Waals surface area contributed by atoms with E-state index >= 15 is 0 Å². The molecular weight excluding hydrogens is 396 g/mol. The molecule has 3 aromatic rings. The van der Waals surface area contributed by atoms with E-state index in [1.54, 1.807) is 49.4 Å². The first-order valence-electron chi connectivity index (χ1n) is 8.57. The van der Waals surface area contributed by atoms with Gasteiger partial charge in [0, 0.05) is 5.39 Å². The fourth-order valence-electron chi connectivity index (χ4n) is 2.85. The maximum atomic E-state index is 12.4. The molecule has 2 aromatic carbocycles. The molecule has 0 aliphatic heterocycles. The van der Waals surface area contributed by atoms with Crippen LogP contribution in [-0.2, 0) is 14.8 Å². The Morgan fingerprint density at radius 1 is 1.24 bits per heavy atom. The van der Waals surface area contributed by atoms with E-state index in [2.05, 4.69) is 15.2 Å². The predicted octanol–water partition coefficient (Wildman–Crippen LogP) is 3.27. The lowest BCUT2D eigenvalue weighted by Gasteiger charge is -2.23. The summed E-state index contributed by atoms with van der Waals surface area (Å²) in [5.41, 5.74) is 1.77. The molecule has 1 amide bonds. The van der Waals surface area contributed by atoms with E-state index in [9.17, 15) is 18.3 Å². The molecule has 0 spiro atoms. The second-order valence-electron chi connectivity index (χ2n) is 6.41. The van der Waals surface area contributed by atoms with Gasteiger partial charge in [-0.1, -0.05) is 24.3 Å². The topological polar surface area (TPSA) is 124 Å². The van der Waals surface area contributed by atoms with Gasteiger partial charge >= 0.3 is 0 Å². The fraction of sp³-hybridized carbons (Fsp3) is 0.211. The highest BCUT2D eigenvalue weighted by Crippen LogP contribution is 2.35. The Morgan fingerprint density at radius 3 is 2.66 bits per heavy atom. The van der Waals surface area contributed by atoms with E-state index in [4.69, 9.17) is 4.74 Å². The molecule has 1 heterocycles. The Labute approximate surface area is 167 Å². The molecule has 29 heavy (non-hydrogen) atoms. The van der Waals surface area contributed by atoms with Gasteiger partial charge in [-0.2, -0.15) is 0 Å². The number of aromatic hydroxyl groups is 1. The number of nitrogens with one attached hydrogen (secondary N) is 1. The van der Waals surface area contributed by atoms with Crippen molar-refractivity contribution in [2.24, 2.45) is 10.2 Å². The summed E-state index contributed by atoms with van der Waals surface area (Å²) in [7, 11) is -2.39. The number of para-hydroxylation sites is 1. The van der Waals surface area contributed by atoms with Crippen molar-refractivity contribution >= 4 is 38.2 Å². The van der Waals surface area contributed by atoms with E-state index in [0.29, 0.717) is 16.7 Å². The number of aryl methyl sites for hydroxylation is 1. The van der Waals surface area contributed by atoms with E-state index in [1.165, 1.54) is 7.11 Å². The van der Waals surface area contributed by atoms with Crippen LogP contribution in [0.2, 0.25) is 0 Å². The number of azo groups is 1. The summed E-state index contributed by atoms with van der Waals surface area (Å²) in [5, 5.41) is 18.0. The van der Waals surface area contributed by atoms with Gasteiger partial charge in [-0.25, -0.2) is 8.42 Å². The zero-order valence-electron chi connectivity index (χ0n) is 16.1. The Bertz CT molecular complexity index is 1200. The van der Waals surface area contributed by atoms with Gasteiger partial charge in [-0.05, 0) is 30.7 Å². The molecular formula is C19H20N4O5S. The fourth-order valence-corrected chi connectivity index (χ4v) is 3.70. The number of carbonyl (C=O) groups excluding carboxylic acids is 1. The van der Waals surface area contributed by atoms with Crippen molar-refractivity contribution < 1.29 is 23.1 Å². The zero-order valence-corrected chi connectivity index (χ0v) is 16.9. The number of methoxy groups -OCH3 is 1. The number of H-pyrrole nitrogens is 1. The lowest BCUT2D eigenvalue weighted by Crippen LogP contribution is -2.34. The summed E-state index contributed by atoms with van der Waals surface area (Å²) >= 11 is 0. The third-order valence-electron chi connectivity index (χ3n) is 4.20. The summed E-state index contributed by atoms with van der Waals surface area (Å²) in [6.45, 7) is 1.23. The molecule has 3 rings (SSSR count). The van der Waals surface area contributed by atoms with Gasteiger partial charge < -0.3 is 14.8 Å². The second kappa shape index (κ2) is 7.92. The second-order valence-corrected chi connectivity index (χ2v) is 8.31. The lowest BCUT2D eigenvalue weighted by molar-refractivity contribution is -0.116. The molecule has 0 fully saturated rings. The number of hydrogen-bond donors (Lipinski definition) is 2. The van der Waals surface area contributed by atoms with E-state index < -0.39 is 22.5 Å². The molecule has 0 radical (unpaired) electrons. The van der Waals surface area contributed by atoms with Gasteiger partial charge in [0.1, 0.15) is 12.3 Å². The molecule has 0 aliphatic carbocycles. The van der Waals surface area contributed by atoms with Crippen LogP contribution in [0.3, 0.4) is 0 Å². The molecule has 0 bridgehead atoms. The average Bonchev–Trinajstić information content (AvgIpc) is 2.98. The number of rotatable bonds is 6. The smallest absolute Gasteiger partial charge is 0.285 e. The number of hydrogen-bond acceptors (Lipinski definition) is 6. The summed E-state index contributed by atoms with van der Waals surface area (Å²) in [6.07, 6.45) is 0.991. The van der Waals surface area contributed by atoms with Gasteiger partial charge in [-0.15, -0.1) is 10.2 Å². The normalized spacial score (nSPS) is 11.8. The number of anilines is 1. The number of nitrogens with zero attached hydrogens (tertiary/aromatic N) is 3. The Hall–Kier alpha value is -3.40. The van der Waals surface area contributed by atoms with Crippen molar-refractivity contribution in [2.45, 2.75) is 6.92 Å². The minimum absolute atomic E-state index is 0.105. The number of sulfonamides is 1. The van der Waals surface area contributed by atoms with Crippen molar-refractivity contribution in [1.29, 1.82) is 0 Å². The SMILES string of the molecule is COc1ccc(C)cc1N(CC(=O)N=Nc1c(O)[nH]c2ccccc12)S(C)(=O)=O. The minimum atomic E-state index is -3.80. The van der Waals surface area contributed by atoms with Crippen LogP contribution in [0, 0.1) is 6.92 Å². The highest BCUT2D eigenvalue weighted by atomic mass is 32.2. The van der Waals surface area contributed by atoms with Crippen LogP contribution in [0.5, 0.6) is 11.6 Å². The van der Waals surface area contributed by atoms with Crippen LogP contribution in [-0.4, -0.2) is 44.3 Å². The molecule has 0 aliphatic rings. The van der Waals surface area contributed by atoms with E-state index in [0.717, 1.165) is 16.1 Å². The van der Waals surface area contributed by atoms with Crippen LogP contribution in [0.15, 0.2) is 52.7 Å². The first-order valence-corrected chi connectivity index (χ1v) is 10.4. The summed E-state index contributed by atoms with van der Waals surface area (Å²) in [5.74, 6) is -0.730. The number of carbonyl (C=O) groups is 1. The average molecular weight is 416 g/mol. The molecule has 0 atom stereocenters. The third kappa shape index (κ3) is 4.37. The monoisotopic (exact) mass is 416 g/mol. The van der Waals surface area contributed by atoms with E-state index in [-0.39, 0.29) is 17.3 Å². The number of ether oxygens (including phenoxy) is 1. The van der Waals surface area contributed by atoms with Crippen LogP contribution >= 0.6 is 0 Å². The van der Waals surface area contributed by atoms with Gasteiger partial charge in [0.2, 0.25) is 15.9 Å². The van der Waals surface area contributed by atoms with Crippen LogP contribution in [0.1, 0.15) is 5.56 Å². The van der Waals surface area contributed by atoms with Gasteiger partial charge in [0.05, 0.1) is 24.6 Å². The number of aromatic amines is 1. The van der Waals surface area contributed by atoms with Crippen LogP contribution in [0.25, 0.3) is 10.9 Å². The van der Waals surface area contributed by atoms with Crippen molar-refractivity contribution in [3.63, 3.8) is 0 Å². The molecule has 152 valence electrons. The molecule has 2 N–H and O–H groups in total. The number of aromatic nitrogens is 1. The van der Waals surface area contributed by atoms with Gasteiger partial charge in [-0.3, -0.25) is 9.10 Å². The molecule has 9 nitrogen and oxygen atoms in total. The largest absolute Gasteiger partial charge is 0.495 e. The summed E-state index contributed by atoms with van der Waals surface area (Å²) < 4.78 is 30.8. The Balaban J connectivity index is 1.91. The van der Waals surface area contributed by atoms with Crippen molar-refractivity contribution in [2.75, 3.05) is 24.2 Å². The first-order chi connectivity index (χ1) is 13.7. The number of amides is 1. The molecule has 0 saturated carbocycles. The quantitative estimate of drug-likeness (QED) is 0.597.